The predicted octanol–water partition coefficient (Wildman–Crippen LogP) is 3.00. The second kappa shape index (κ2) is 5.66. The molecule has 0 aliphatic heterocycles. The molecular weight excluding hydrogens is 184 g/mol. The van der Waals surface area contributed by atoms with E-state index in [0.717, 1.165) is 25.0 Å². The highest BCUT2D eigenvalue weighted by Gasteiger charge is 2.11. The Morgan fingerprint density at radius 1 is 1.53 bits per heavy atom. The van der Waals surface area contributed by atoms with Gasteiger partial charge in [-0.25, -0.2) is 0 Å². The molecule has 1 aromatic heterocycles. The van der Waals surface area contributed by atoms with E-state index in [2.05, 4.69) is 31.5 Å². The molecular formula is C13H20N2. The minimum absolute atomic E-state index is 0.00593. The highest BCUT2D eigenvalue weighted by atomic mass is 14.8. The molecule has 2 nitrogen and oxygen atoms in total. The predicted molar refractivity (Wildman–Crippen MR) is 64.6 cm³/mol. The first-order chi connectivity index (χ1) is 7.19. The lowest BCUT2D eigenvalue weighted by Gasteiger charge is -2.15. The first kappa shape index (κ1) is 11.9. The fourth-order valence-corrected chi connectivity index (χ4v) is 1.64. The van der Waals surface area contributed by atoms with Crippen LogP contribution in [0.4, 0.5) is 0 Å². The van der Waals surface area contributed by atoms with Crippen molar-refractivity contribution in [3.8, 4) is 0 Å². The summed E-state index contributed by atoms with van der Waals surface area (Å²) in [6.07, 6.45) is 4.61. The maximum absolute atomic E-state index is 6.12. The normalized spacial score (nSPS) is 12.5. The zero-order valence-electron chi connectivity index (χ0n) is 9.66. The van der Waals surface area contributed by atoms with Crippen molar-refractivity contribution >= 4 is 0 Å². The Morgan fingerprint density at radius 2 is 2.27 bits per heavy atom. The molecule has 0 saturated heterocycles. The topological polar surface area (TPSA) is 38.9 Å². The minimum Gasteiger partial charge on any atom is -0.322 e. The van der Waals surface area contributed by atoms with E-state index in [0.29, 0.717) is 0 Å². The van der Waals surface area contributed by atoms with Crippen LogP contribution < -0.4 is 5.73 Å². The van der Waals surface area contributed by atoms with E-state index in [4.69, 9.17) is 5.73 Å². The Hall–Kier alpha value is -1.15. The maximum atomic E-state index is 6.12. The average Bonchev–Trinajstić information content (AvgIpc) is 2.28. The average molecular weight is 204 g/mol. The molecule has 1 atom stereocenters. The fourth-order valence-electron chi connectivity index (χ4n) is 1.64. The molecule has 2 heteroatoms. The van der Waals surface area contributed by atoms with Crippen LogP contribution in [-0.4, -0.2) is 4.98 Å². The van der Waals surface area contributed by atoms with Gasteiger partial charge in [0.2, 0.25) is 0 Å². The first-order valence-electron chi connectivity index (χ1n) is 5.55. The lowest BCUT2D eigenvalue weighted by molar-refractivity contribution is 0.669. The lowest BCUT2D eigenvalue weighted by Crippen LogP contribution is -2.14. The van der Waals surface area contributed by atoms with Gasteiger partial charge in [-0.05, 0) is 30.9 Å². The zero-order valence-corrected chi connectivity index (χ0v) is 9.66. The van der Waals surface area contributed by atoms with Crippen LogP contribution in [0.25, 0.3) is 0 Å². The van der Waals surface area contributed by atoms with E-state index >= 15 is 0 Å². The SMILES string of the molecule is C=C(CC)CC(N)c1ncccc1CC. The molecule has 0 aromatic carbocycles. The van der Waals surface area contributed by atoms with Crippen LogP contribution in [0.2, 0.25) is 0 Å². The summed E-state index contributed by atoms with van der Waals surface area (Å²) in [6, 6.07) is 4.05. The van der Waals surface area contributed by atoms with Gasteiger partial charge in [0, 0.05) is 6.20 Å². The van der Waals surface area contributed by atoms with Crippen LogP contribution in [0.1, 0.15) is 44.0 Å². The number of hydrogen-bond acceptors (Lipinski definition) is 2. The summed E-state index contributed by atoms with van der Waals surface area (Å²) in [7, 11) is 0. The molecule has 82 valence electrons. The Bertz CT molecular complexity index is 331. The molecule has 0 radical (unpaired) electrons. The zero-order chi connectivity index (χ0) is 11.3. The van der Waals surface area contributed by atoms with Crippen molar-refractivity contribution in [2.75, 3.05) is 0 Å². The fraction of sp³-hybridized carbons (Fsp3) is 0.462. The van der Waals surface area contributed by atoms with Gasteiger partial charge in [-0.2, -0.15) is 0 Å². The lowest BCUT2D eigenvalue weighted by atomic mass is 9.99. The molecule has 0 aliphatic carbocycles. The van der Waals surface area contributed by atoms with Gasteiger partial charge in [0.05, 0.1) is 11.7 Å². The third kappa shape index (κ3) is 3.17. The van der Waals surface area contributed by atoms with Gasteiger partial charge in [0.25, 0.3) is 0 Å². The maximum Gasteiger partial charge on any atom is 0.0606 e. The molecule has 1 aromatic rings. The van der Waals surface area contributed by atoms with Crippen LogP contribution in [0.5, 0.6) is 0 Å². The summed E-state index contributed by atoms with van der Waals surface area (Å²) in [5.74, 6) is 0. The molecule has 0 bridgehead atoms. The number of nitrogens with two attached hydrogens (primary N) is 1. The van der Waals surface area contributed by atoms with Gasteiger partial charge < -0.3 is 5.73 Å². The summed E-state index contributed by atoms with van der Waals surface area (Å²) in [5.41, 5.74) is 9.58. The van der Waals surface area contributed by atoms with Crippen molar-refractivity contribution in [3.05, 3.63) is 41.7 Å². The van der Waals surface area contributed by atoms with Gasteiger partial charge in [-0.3, -0.25) is 4.98 Å². The Morgan fingerprint density at radius 3 is 2.87 bits per heavy atom. The van der Waals surface area contributed by atoms with Crippen LogP contribution in [0, 0.1) is 0 Å². The molecule has 2 N–H and O–H groups in total. The molecule has 1 unspecified atom stereocenters. The summed E-state index contributed by atoms with van der Waals surface area (Å²) < 4.78 is 0. The number of aryl methyl sites for hydroxylation is 1. The Balaban J connectivity index is 2.80. The molecule has 1 rings (SSSR count). The number of pyridine rings is 1. The number of hydrogen-bond donors (Lipinski definition) is 1. The van der Waals surface area contributed by atoms with E-state index < -0.39 is 0 Å². The molecule has 1 heterocycles. The van der Waals surface area contributed by atoms with Crippen LogP contribution in [0.15, 0.2) is 30.5 Å². The van der Waals surface area contributed by atoms with E-state index in [1.54, 1.807) is 0 Å². The second-order valence-electron chi connectivity index (χ2n) is 3.82. The Labute approximate surface area is 92.2 Å². The Kier molecular flexibility index (Phi) is 4.50. The van der Waals surface area contributed by atoms with Crippen molar-refractivity contribution in [1.82, 2.24) is 4.98 Å². The summed E-state index contributed by atoms with van der Waals surface area (Å²) >= 11 is 0. The van der Waals surface area contributed by atoms with E-state index in [1.165, 1.54) is 11.1 Å². The van der Waals surface area contributed by atoms with Gasteiger partial charge in [0.15, 0.2) is 0 Å². The second-order valence-corrected chi connectivity index (χ2v) is 3.82. The van der Waals surface area contributed by atoms with Gasteiger partial charge in [-0.15, -0.1) is 0 Å². The first-order valence-corrected chi connectivity index (χ1v) is 5.55. The molecule has 15 heavy (non-hydrogen) atoms. The van der Waals surface area contributed by atoms with Crippen LogP contribution in [-0.2, 0) is 6.42 Å². The van der Waals surface area contributed by atoms with E-state index in [9.17, 15) is 0 Å². The summed E-state index contributed by atoms with van der Waals surface area (Å²) in [4.78, 5) is 4.37. The van der Waals surface area contributed by atoms with Gasteiger partial charge in [0.1, 0.15) is 0 Å². The number of rotatable bonds is 5. The van der Waals surface area contributed by atoms with Crippen molar-refractivity contribution in [3.63, 3.8) is 0 Å². The highest BCUT2D eigenvalue weighted by molar-refractivity contribution is 5.23. The molecule has 0 fully saturated rings. The van der Waals surface area contributed by atoms with Crippen molar-refractivity contribution in [2.45, 2.75) is 39.2 Å². The third-order valence-corrected chi connectivity index (χ3v) is 2.67. The molecule has 0 saturated carbocycles. The minimum atomic E-state index is -0.00593. The van der Waals surface area contributed by atoms with Crippen LogP contribution in [0.3, 0.4) is 0 Å². The quantitative estimate of drug-likeness (QED) is 0.749. The molecule has 0 aliphatic rings. The largest absolute Gasteiger partial charge is 0.322 e. The summed E-state index contributed by atoms with van der Waals surface area (Å²) in [5, 5.41) is 0. The third-order valence-electron chi connectivity index (χ3n) is 2.67. The van der Waals surface area contributed by atoms with E-state index in [-0.39, 0.29) is 6.04 Å². The van der Waals surface area contributed by atoms with Crippen LogP contribution >= 0.6 is 0 Å². The molecule has 0 spiro atoms. The smallest absolute Gasteiger partial charge is 0.0606 e. The number of nitrogens with zero attached hydrogens (tertiary/aromatic N) is 1. The number of aromatic nitrogens is 1. The van der Waals surface area contributed by atoms with Gasteiger partial charge in [-0.1, -0.05) is 32.1 Å². The van der Waals surface area contributed by atoms with Crippen molar-refractivity contribution in [2.24, 2.45) is 5.73 Å². The molecule has 0 amide bonds. The highest BCUT2D eigenvalue weighted by Crippen LogP contribution is 2.20. The summed E-state index contributed by atoms with van der Waals surface area (Å²) in [6.45, 7) is 8.22. The van der Waals surface area contributed by atoms with Crippen molar-refractivity contribution < 1.29 is 0 Å². The van der Waals surface area contributed by atoms with E-state index in [1.807, 2.05) is 12.3 Å². The van der Waals surface area contributed by atoms with Gasteiger partial charge >= 0.3 is 0 Å². The monoisotopic (exact) mass is 204 g/mol. The van der Waals surface area contributed by atoms with Crippen molar-refractivity contribution in [1.29, 1.82) is 0 Å². The standard InChI is InChI=1S/C13H20N2/c1-4-10(3)9-12(14)13-11(5-2)7-6-8-15-13/h6-8,12H,3-5,9,14H2,1-2H3.